The predicted molar refractivity (Wildman–Crippen MR) is 57.8 cm³/mol. The number of Topliss-reactive ketones (excluding diaryl/α,β-unsaturated/α-hetero) is 1. The van der Waals surface area contributed by atoms with Crippen LogP contribution in [0, 0.1) is 6.92 Å². The molecule has 0 aliphatic rings. The van der Waals surface area contributed by atoms with Crippen LogP contribution >= 0.6 is 0 Å². The van der Waals surface area contributed by atoms with Gasteiger partial charge in [0, 0.05) is 24.7 Å². The lowest BCUT2D eigenvalue weighted by molar-refractivity contribution is -0.117. The van der Waals surface area contributed by atoms with E-state index in [0.717, 1.165) is 18.5 Å². The molecule has 1 rings (SSSR count). The highest BCUT2D eigenvalue weighted by Crippen LogP contribution is 1.98. The molecular weight excluding hydrogens is 192 g/mol. The van der Waals surface area contributed by atoms with Crippen LogP contribution in [-0.2, 0) is 11.3 Å². The number of ketones is 1. The average Bonchev–Trinajstić information content (AvgIpc) is 2.14. The summed E-state index contributed by atoms with van der Waals surface area (Å²) in [5.41, 5.74) is 0.713. The zero-order valence-electron chi connectivity index (χ0n) is 9.19. The van der Waals surface area contributed by atoms with E-state index in [1.807, 2.05) is 0 Å². The monoisotopic (exact) mass is 208 g/mol. The Hall–Kier alpha value is -1.45. The molecule has 4 nitrogen and oxygen atoms in total. The fourth-order valence-corrected chi connectivity index (χ4v) is 1.34. The molecule has 0 bridgehead atoms. The van der Waals surface area contributed by atoms with Crippen molar-refractivity contribution < 1.29 is 4.79 Å². The number of nitrogens with zero attached hydrogens (tertiary/aromatic N) is 2. The maximum absolute atomic E-state index is 11.4. The van der Waals surface area contributed by atoms with Gasteiger partial charge in [-0.05, 0) is 26.7 Å². The van der Waals surface area contributed by atoms with Crippen molar-refractivity contribution in [3.63, 3.8) is 0 Å². The molecule has 82 valence electrons. The molecule has 0 unspecified atom stereocenters. The van der Waals surface area contributed by atoms with Crippen LogP contribution in [0.1, 0.15) is 31.9 Å². The average molecular weight is 208 g/mol. The minimum Gasteiger partial charge on any atom is -0.300 e. The molecule has 15 heavy (non-hydrogen) atoms. The number of aryl methyl sites for hydroxylation is 2. The van der Waals surface area contributed by atoms with Crippen LogP contribution in [-0.4, -0.2) is 15.3 Å². The van der Waals surface area contributed by atoms with Crippen LogP contribution in [0.3, 0.4) is 0 Å². The van der Waals surface area contributed by atoms with Gasteiger partial charge in [-0.15, -0.1) is 0 Å². The number of hydrogen-bond acceptors (Lipinski definition) is 3. The third kappa shape index (κ3) is 4.06. The Morgan fingerprint density at radius 1 is 1.47 bits per heavy atom. The molecule has 0 saturated carbocycles. The fraction of sp³-hybridized carbons (Fsp3) is 0.545. The van der Waals surface area contributed by atoms with E-state index in [1.165, 1.54) is 6.07 Å². The SMILES string of the molecule is CC(=O)CCCCn1cnc(C)cc1=O. The second-order valence-electron chi connectivity index (χ2n) is 3.72. The highest BCUT2D eigenvalue weighted by atomic mass is 16.1. The van der Waals surface area contributed by atoms with E-state index in [0.29, 0.717) is 13.0 Å². The number of aromatic nitrogens is 2. The molecule has 0 aliphatic carbocycles. The van der Waals surface area contributed by atoms with Gasteiger partial charge in [-0.1, -0.05) is 0 Å². The van der Waals surface area contributed by atoms with Crippen molar-refractivity contribution in [1.82, 2.24) is 9.55 Å². The number of hydrogen-bond donors (Lipinski definition) is 0. The molecule has 0 N–H and O–H groups in total. The van der Waals surface area contributed by atoms with Crippen molar-refractivity contribution in [1.29, 1.82) is 0 Å². The largest absolute Gasteiger partial charge is 0.300 e. The lowest BCUT2D eigenvalue weighted by Gasteiger charge is -2.03. The first-order chi connectivity index (χ1) is 7.09. The molecule has 4 heteroatoms. The molecule has 0 radical (unpaired) electrons. The van der Waals surface area contributed by atoms with Crippen LogP contribution in [0.15, 0.2) is 17.2 Å². The van der Waals surface area contributed by atoms with Crippen LogP contribution in [0.4, 0.5) is 0 Å². The summed E-state index contributed by atoms with van der Waals surface area (Å²) < 4.78 is 1.58. The van der Waals surface area contributed by atoms with Crippen LogP contribution in [0.5, 0.6) is 0 Å². The molecule has 1 aromatic rings. The standard InChI is InChI=1S/C11H16N2O2/c1-9-7-11(15)13(8-12-9)6-4-3-5-10(2)14/h7-8H,3-6H2,1-2H3. The van der Waals surface area contributed by atoms with E-state index in [2.05, 4.69) is 4.98 Å². The molecule has 1 aromatic heterocycles. The summed E-state index contributed by atoms with van der Waals surface area (Å²) in [7, 11) is 0. The fourth-order valence-electron chi connectivity index (χ4n) is 1.34. The highest BCUT2D eigenvalue weighted by molar-refractivity contribution is 5.75. The van der Waals surface area contributed by atoms with Gasteiger partial charge in [0.2, 0.25) is 0 Å². The summed E-state index contributed by atoms with van der Waals surface area (Å²) in [5.74, 6) is 0.198. The Labute approximate surface area is 89.0 Å². The minimum atomic E-state index is -0.0228. The Morgan fingerprint density at radius 3 is 2.80 bits per heavy atom. The minimum absolute atomic E-state index is 0.0228. The smallest absolute Gasteiger partial charge is 0.253 e. The Kier molecular flexibility index (Phi) is 4.21. The van der Waals surface area contributed by atoms with Gasteiger partial charge in [0.1, 0.15) is 5.78 Å². The molecule has 0 aliphatic heterocycles. The van der Waals surface area contributed by atoms with Crippen LogP contribution < -0.4 is 5.56 Å². The van der Waals surface area contributed by atoms with E-state index in [-0.39, 0.29) is 11.3 Å². The first kappa shape index (κ1) is 11.6. The van der Waals surface area contributed by atoms with Crippen molar-refractivity contribution in [2.45, 2.75) is 39.7 Å². The van der Waals surface area contributed by atoms with Crippen molar-refractivity contribution in [2.75, 3.05) is 0 Å². The molecule has 1 heterocycles. The van der Waals surface area contributed by atoms with E-state index in [9.17, 15) is 9.59 Å². The van der Waals surface area contributed by atoms with Gasteiger partial charge in [-0.2, -0.15) is 0 Å². The predicted octanol–water partition coefficient (Wildman–Crippen LogP) is 1.31. The summed E-state index contributed by atoms with van der Waals surface area (Å²) in [4.78, 5) is 26.2. The van der Waals surface area contributed by atoms with E-state index in [4.69, 9.17) is 0 Å². The highest BCUT2D eigenvalue weighted by Gasteiger charge is 1.98. The maximum atomic E-state index is 11.4. The molecule has 0 atom stereocenters. The maximum Gasteiger partial charge on any atom is 0.253 e. The summed E-state index contributed by atoms with van der Waals surface area (Å²) in [5, 5.41) is 0. The number of carbonyl (C=O) groups excluding carboxylic acids is 1. The van der Waals surface area contributed by atoms with Gasteiger partial charge >= 0.3 is 0 Å². The van der Waals surface area contributed by atoms with Gasteiger partial charge in [0.05, 0.1) is 6.33 Å². The molecule has 0 amide bonds. The van der Waals surface area contributed by atoms with Gasteiger partial charge in [0.25, 0.3) is 5.56 Å². The van der Waals surface area contributed by atoms with Crippen molar-refractivity contribution in [2.24, 2.45) is 0 Å². The van der Waals surface area contributed by atoms with E-state index >= 15 is 0 Å². The first-order valence-corrected chi connectivity index (χ1v) is 5.12. The quantitative estimate of drug-likeness (QED) is 0.685. The second kappa shape index (κ2) is 5.44. The third-order valence-corrected chi connectivity index (χ3v) is 2.19. The van der Waals surface area contributed by atoms with Gasteiger partial charge in [-0.3, -0.25) is 9.36 Å². The van der Waals surface area contributed by atoms with Gasteiger partial charge in [0.15, 0.2) is 0 Å². The summed E-state index contributed by atoms with van der Waals surface area (Å²) >= 11 is 0. The lowest BCUT2D eigenvalue weighted by Crippen LogP contribution is -2.20. The summed E-state index contributed by atoms with van der Waals surface area (Å²) in [6.45, 7) is 4.01. The van der Waals surface area contributed by atoms with E-state index in [1.54, 1.807) is 24.7 Å². The lowest BCUT2D eigenvalue weighted by atomic mass is 10.2. The van der Waals surface area contributed by atoms with Crippen LogP contribution in [0.25, 0.3) is 0 Å². The summed E-state index contributed by atoms with van der Waals surface area (Å²) in [6, 6.07) is 1.52. The number of carbonyl (C=O) groups is 1. The number of unbranched alkanes of at least 4 members (excludes halogenated alkanes) is 1. The zero-order valence-corrected chi connectivity index (χ0v) is 9.19. The summed E-state index contributed by atoms with van der Waals surface area (Å²) in [6.07, 6.45) is 3.82. The van der Waals surface area contributed by atoms with Crippen molar-refractivity contribution in [3.05, 3.63) is 28.4 Å². The molecule has 0 fully saturated rings. The van der Waals surface area contributed by atoms with Gasteiger partial charge in [-0.25, -0.2) is 4.98 Å². The molecule has 0 aromatic carbocycles. The number of rotatable bonds is 5. The molecule has 0 spiro atoms. The van der Waals surface area contributed by atoms with Crippen molar-refractivity contribution >= 4 is 5.78 Å². The Bertz CT molecular complexity index is 396. The van der Waals surface area contributed by atoms with Crippen LogP contribution in [0.2, 0.25) is 0 Å². The van der Waals surface area contributed by atoms with Gasteiger partial charge < -0.3 is 4.79 Å². The van der Waals surface area contributed by atoms with E-state index < -0.39 is 0 Å². The zero-order chi connectivity index (χ0) is 11.3. The Morgan fingerprint density at radius 2 is 2.20 bits per heavy atom. The second-order valence-corrected chi connectivity index (χ2v) is 3.72. The van der Waals surface area contributed by atoms with Crippen molar-refractivity contribution in [3.8, 4) is 0 Å². The molecular formula is C11H16N2O2. The first-order valence-electron chi connectivity index (χ1n) is 5.12. The normalized spacial score (nSPS) is 10.3. The third-order valence-electron chi connectivity index (χ3n) is 2.19. The Balaban J connectivity index is 2.44. The molecule has 0 saturated heterocycles. The topological polar surface area (TPSA) is 52.0 Å².